The number of aromatic nitrogens is 2. The summed E-state index contributed by atoms with van der Waals surface area (Å²) in [7, 11) is 1.77. The third-order valence-electron chi connectivity index (χ3n) is 4.09. The Hall–Kier alpha value is -2.73. The Morgan fingerprint density at radius 1 is 1.22 bits per heavy atom. The van der Waals surface area contributed by atoms with Crippen molar-refractivity contribution < 1.29 is 13.7 Å². The first-order valence-electron chi connectivity index (χ1n) is 8.58. The van der Waals surface area contributed by atoms with Gasteiger partial charge in [0, 0.05) is 37.0 Å². The summed E-state index contributed by atoms with van der Waals surface area (Å²) in [4.78, 5) is 18.2. The number of aryl methyl sites for hydroxylation is 1. The van der Waals surface area contributed by atoms with Gasteiger partial charge >= 0.3 is 0 Å². The van der Waals surface area contributed by atoms with Crippen LogP contribution in [0.2, 0.25) is 5.02 Å². The summed E-state index contributed by atoms with van der Waals surface area (Å²) < 4.78 is 18.2. The van der Waals surface area contributed by atoms with E-state index in [-0.39, 0.29) is 11.7 Å². The van der Waals surface area contributed by atoms with Gasteiger partial charge in [-0.05, 0) is 48.4 Å². The fourth-order valence-electron chi connectivity index (χ4n) is 2.65. The van der Waals surface area contributed by atoms with Crippen molar-refractivity contribution in [2.45, 2.75) is 25.8 Å². The summed E-state index contributed by atoms with van der Waals surface area (Å²) in [6, 6.07) is 13.3. The maximum Gasteiger partial charge on any atom is 0.226 e. The molecular formula is C20H19ClFN3O2. The molecule has 5 nitrogen and oxygen atoms in total. The Morgan fingerprint density at radius 3 is 2.74 bits per heavy atom. The highest BCUT2D eigenvalue weighted by Gasteiger charge is 2.12. The quantitative estimate of drug-likeness (QED) is 0.598. The summed E-state index contributed by atoms with van der Waals surface area (Å²) in [5.41, 5.74) is 1.67. The number of carbonyl (C=O) groups excluding carboxylic acids is 1. The predicted molar refractivity (Wildman–Crippen MR) is 101 cm³/mol. The highest BCUT2D eigenvalue weighted by atomic mass is 35.5. The van der Waals surface area contributed by atoms with E-state index < -0.39 is 0 Å². The van der Waals surface area contributed by atoms with Gasteiger partial charge in [-0.1, -0.05) is 28.9 Å². The molecule has 140 valence electrons. The molecule has 1 aromatic heterocycles. The van der Waals surface area contributed by atoms with Crippen molar-refractivity contribution in [3.8, 4) is 11.4 Å². The van der Waals surface area contributed by atoms with Crippen molar-refractivity contribution >= 4 is 17.5 Å². The van der Waals surface area contributed by atoms with E-state index >= 15 is 0 Å². The molecule has 0 radical (unpaired) electrons. The van der Waals surface area contributed by atoms with Crippen LogP contribution in [0.4, 0.5) is 4.39 Å². The van der Waals surface area contributed by atoms with Gasteiger partial charge in [0.15, 0.2) is 0 Å². The van der Waals surface area contributed by atoms with Crippen molar-refractivity contribution in [1.82, 2.24) is 15.0 Å². The third-order valence-corrected chi connectivity index (χ3v) is 4.32. The van der Waals surface area contributed by atoms with E-state index in [9.17, 15) is 9.18 Å². The molecule has 0 spiro atoms. The van der Waals surface area contributed by atoms with E-state index in [2.05, 4.69) is 10.1 Å². The predicted octanol–water partition coefficient (Wildman–Crippen LogP) is 4.51. The van der Waals surface area contributed by atoms with Crippen LogP contribution in [0.3, 0.4) is 0 Å². The van der Waals surface area contributed by atoms with Crippen LogP contribution in [0.25, 0.3) is 11.4 Å². The molecule has 0 N–H and O–H groups in total. The molecule has 0 fully saturated rings. The number of rotatable bonds is 7. The second-order valence-electron chi connectivity index (χ2n) is 6.25. The maximum absolute atomic E-state index is 13.0. The van der Waals surface area contributed by atoms with Crippen LogP contribution in [0, 0.1) is 5.82 Å². The number of carbonyl (C=O) groups is 1. The highest BCUT2D eigenvalue weighted by Crippen LogP contribution is 2.17. The minimum atomic E-state index is -0.317. The van der Waals surface area contributed by atoms with E-state index in [0.29, 0.717) is 48.1 Å². The molecule has 0 aliphatic carbocycles. The van der Waals surface area contributed by atoms with Crippen LogP contribution in [0.1, 0.15) is 24.3 Å². The number of hydrogen-bond acceptors (Lipinski definition) is 4. The van der Waals surface area contributed by atoms with E-state index in [0.717, 1.165) is 5.56 Å². The van der Waals surface area contributed by atoms with Gasteiger partial charge in [0.1, 0.15) is 5.82 Å². The zero-order chi connectivity index (χ0) is 19.2. The number of amides is 1. The third kappa shape index (κ3) is 5.37. The normalized spacial score (nSPS) is 10.8. The summed E-state index contributed by atoms with van der Waals surface area (Å²) >= 11 is 5.97. The van der Waals surface area contributed by atoms with Gasteiger partial charge in [0.25, 0.3) is 0 Å². The minimum absolute atomic E-state index is 0.0354. The highest BCUT2D eigenvalue weighted by molar-refractivity contribution is 6.30. The van der Waals surface area contributed by atoms with Crippen LogP contribution in [-0.2, 0) is 17.8 Å². The van der Waals surface area contributed by atoms with Gasteiger partial charge in [-0.2, -0.15) is 4.98 Å². The topological polar surface area (TPSA) is 59.2 Å². The number of hydrogen-bond donors (Lipinski definition) is 0. The Bertz CT molecular complexity index is 912. The lowest BCUT2D eigenvalue weighted by Gasteiger charge is -2.17. The zero-order valence-electron chi connectivity index (χ0n) is 14.9. The first-order chi connectivity index (χ1) is 13.0. The van der Waals surface area contributed by atoms with E-state index in [1.807, 2.05) is 18.2 Å². The van der Waals surface area contributed by atoms with E-state index in [1.54, 1.807) is 30.1 Å². The van der Waals surface area contributed by atoms with Crippen LogP contribution in [0.15, 0.2) is 53.1 Å². The molecule has 0 saturated heterocycles. The molecule has 3 aromatic rings. The van der Waals surface area contributed by atoms with E-state index in [1.165, 1.54) is 12.1 Å². The van der Waals surface area contributed by atoms with Crippen LogP contribution >= 0.6 is 11.6 Å². The summed E-state index contributed by atoms with van der Waals surface area (Å²) in [6.07, 6.45) is 1.49. The molecule has 0 aliphatic heterocycles. The molecule has 0 aliphatic rings. The summed E-state index contributed by atoms with van der Waals surface area (Å²) in [5, 5.41) is 4.55. The Kier molecular flexibility index (Phi) is 6.19. The lowest BCUT2D eigenvalue weighted by atomic mass is 10.2. The molecule has 0 unspecified atom stereocenters. The molecule has 3 rings (SSSR count). The van der Waals surface area contributed by atoms with Crippen LogP contribution in [0.5, 0.6) is 0 Å². The van der Waals surface area contributed by atoms with Gasteiger partial charge in [0.2, 0.25) is 17.6 Å². The van der Waals surface area contributed by atoms with Crippen molar-refractivity contribution in [3.05, 3.63) is 70.8 Å². The van der Waals surface area contributed by atoms with Gasteiger partial charge in [-0.25, -0.2) is 4.39 Å². The summed E-state index contributed by atoms with van der Waals surface area (Å²) in [5.74, 6) is 0.588. The van der Waals surface area contributed by atoms with Crippen molar-refractivity contribution in [2.75, 3.05) is 7.05 Å². The molecule has 0 atom stereocenters. The second kappa shape index (κ2) is 8.77. The first-order valence-corrected chi connectivity index (χ1v) is 8.96. The average Bonchev–Trinajstić information content (AvgIpc) is 3.11. The van der Waals surface area contributed by atoms with Crippen molar-refractivity contribution in [2.24, 2.45) is 0 Å². The van der Waals surface area contributed by atoms with Gasteiger partial charge < -0.3 is 9.42 Å². The Balaban J connectivity index is 1.48. The monoisotopic (exact) mass is 387 g/mol. The van der Waals surface area contributed by atoms with Gasteiger partial charge in [-0.3, -0.25) is 4.79 Å². The van der Waals surface area contributed by atoms with Crippen LogP contribution < -0.4 is 0 Å². The second-order valence-corrected chi connectivity index (χ2v) is 6.69. The molecule has 0 saturated carbocycles. The standard InChI is InChI=1S/C20H19ClFN3O2/c1-25(13-14-4-2-5-16(21)12-14)19(26)7-3-6-18-23-20(24-27-18)15-8-10-17(22)11-9-15/h2,4-5,8-12H,3,6-7,13H2,1H3. The Labute approximate surface area is 161 Å². The van der Waals surface area contributed by atoms with E-state index in [4.69, 9.17) is 16.1 Å². The lowest BCUT2D eigenvalue weighted by molar-refractivity contribution is -0.130. The summed E-state index contributed by atoms with van der Waals surface area (Å²) in [6.45, 7) is 0.509. The maximum atomic E-state index is 13.0. The SMILES string of the molecule is CN(Cc1cccc(Cl)c1)C(=O)CCCc1nc(-c2ccc(F)cc2)no1. The fourth-order valence-corrected chi connectivity index (χ4v) is 2.86. The molecule has 7 heteroatoms. The molecular weight excluding hydrogens is 369 g/mol. The molecule has 2 aromatic carbocycles. The zero-order valence-corrected chi connectivity index (χ0v) is 15.6. The minimum Gasteiger partial charge on any atom is -0.341 e. The van der Waals surface area contributed by atoms with Gasteiger partial charge in [0.05, 0.1) is 0 Å². The van der Waals surface area contributed by atoms with Crippen molar-refractivity contribution in [1.29, 1.82) is 0 Å². The Morgan fingerprint density at radius 2 is 2.00 bits per heavy atom. The average molecular weight is 388 g/mol. The number of halogens is 2. The molecule has 0 bridgehead atoms. The first kappa shape index (κ1) is 19.0. The fraction of sp³-hybridized carbons (Fsp3) is 0.250. The largest absolute Gasteiger partial charge is 0.341 e. The number of benzene rings is 2. The molecule has 1 heterocycles. The van der Waals surface area contributed by atoms with Gasteiger partial charge in [-0.15, -0.1) is 0 Å². The molecule has 1 amide bonds. The lowest BCUT2D eigenvalue weighted by Crippen LogP contribution is -2.25. The van der Waals surface area contributed by atoms with Crippen molar-refractivity contribution in [3.63, 3.8) is 0 Å². The van der Waals surface area contributed by atoms with Crippen LogP contribution in [-0.4, -0.2) is 28.0 Å². The molecule has 27 heavy (non-hydrogen) atoms. The smallest absolute Gasteiger partial charge is 0.226 e. The number of nitrogens with zero attached hydrogens (tertiary/aromatic N) is 3.